The maximum atomic E-state index is 12.8. The second-order valence-electron chi connectivity index (χ2n) is 7.46. The predicted octanol–water partition coefficient (Wildman–Crippen LogP) is 3.57. The van der Waals surface area contributed by atoms with Gasteiger partial charge in [-0.2, -0.15) is 0 Å². The van der Waals surface area contributed by atoms with Crippen molar-refractivity contribution in [1.82, 2.24) is 9.88 Å². The van der Waals surface area contributed by atoms with Crippen LogP contribution in [-0.4, -0.2) is 46.2 Å². The average molecular weight is 461 g/mol. The number of carboxylic acids is 1. The second kappa shape index (κ2) is 8.12. The smallest absolute Gasteiger partial charge is 0.410 e. The number of carbonyl (C=O) groups excluding carboxylic acids is 1. The summed E-state index contributed by atoms with van der Waals surface area (Å²) in [5.74, 6) is -0.822. The molecule has 1 amide bonds. The van der Waals surface area contributed by atoms with E-state index in [4.69, 9.17) is 9.47 Å². The predicted molar refractivity (Wildman–Crippen MR) is 107 cm³/mol. The first kappa shape index (κ1) is 19.8. The van der Waals surface area contributed by atoms with Gasteiger partial charge < -0.3 is 19.5 Å². The molecule has 1 aliphatic carbocycles. The van der Waals surface area contributed by atoms with Gasteiger partial charge in [0.25, 0.3) is 0 Å². The molecule has 1 saturated heterocycles. The fourth-order valence-electron chi connectivity index (χ4n) is 4.45. The fraction of sp³-hybridized carbons (Fsp3) is 0.381. The molecule has 1 aliphatic heterocycles. The molecule has 2 aliphatic rings. The van der Waals surface area contributed by atoms with Gasteiger partial charge in [0.15, 0.2) is 0 Å². The molecule has 2 heterocycles. The van der Waals surface area contributed by atoms with Crippen molar-refractivity contribution in [3.8, 4) is 0 Å². The zero-order valence-corrected chi connectivity index (χ0v) is 17.2. The number of carbonyl (C=O) groups is 2. The molecule has 3 unspecified atom stereocenters. The molecule has 7 nitrogen and oxygen atoms in total. The molecule has 1 N–H and O–H groups in total. The Morgan fingerprint density at radius 2 is 2.03 bits per heavy atom. The molecular formula is C21H21BrN2O5. The van der Waals surface area contributed by atoms with E-state index in [1.165, 1.54) is 0 Å². The Labute approximate surface area is 176 Å². The number of hydrogen-bond acceptors (Lipinski definition) is 5. The summed E-state index contributed by atoms with van der Waals surface area (Å²) in [5.41, 5.74) is 0.784. The zero-order valence-electron chi connectivity index (χ0n) is 15.7. The van der Waals surface area contributed by atoms with Crippen molar-refractivity contribution in [3.63, 3.8) is 0 Å². The van der Waals surface area contributed by atoms with E-state index < -0.39 is 24.3 Å². The molecule has 1 saturated carbocycles. The lowest BCUT2D eigenvalue weighted by atomic mass is 9.86. The van der Waals surface area contributed by atoms with Gasteiger partial charge in [0.1, 0.15) is 23.4 Å². The van der Waals surface area contributed by atoms with Crippen molar-refractivity contribution >= 4 is 28.0 Å². The standard InChI is InChI=1S/C21H21BrN2O5/c22-18-7-6-16(10-23-18)21(29-13-19(25)26)9-15-8-17(21)24(11-15)20(27)28-12-14-4-2-1-3-5-14/h1-7,10,15,17H,8-9,11-13H2,(H,25,26). The largest absolute Gasteiger partial charge is 0.480 e. The highest BCUT2D eigenvalue weighted by Crippen LogP contribution is 2.52. The summed E-state index contributed by atoms with van der Waals surface area (Å²) in [5, 5.41) is 9.18. The van der Waals surface area contributed by atoms with Gasteiger partial charge in [-0.05, 0) is 46.3 Å². The Morgan fingerprint density at radius 3 is 2.69 bits per heavy atom. The lowest BCUT2D eigenvalue weighted by Gasteiger charge is -2.42. The minimum Gasteiger partial charge on any atom is -0.480 e. The lowest BCUT2D eigenvalue weighted by Crippen LogP contribution is -2.53. The van der Waals surface area contributed by atoms with E-state index in [-0.39, 0.29) is 18.6 Å². The number of pyridine rings is 1. The maximum absolute atomic E-state index is 12.8. The Kier molecular flexibility index (Phi) is 5.56. The number of carboxylic acid groups (broad SMARTS) is 1. The van der Waals surface area contributed by atoms with E-state index in [9.17, 15) is 14.7 Å². The van der Waals surface area contributed by atoms with Crippen molar-refractivity contribution < 1.29 is 24.2 Å². The topological polar surface area (TPSA) is 89.0 Å². The number of halogens is 1. The summed E-state index contributed by atoms with van der Waals surface area (Å²) in [4.78, 5) is 30.0. The van der Waals surface area contributed by atoms with Gasteiger partial charge in [-0.15, -0.1) is 0 Å². The van der Waals surface area contributed by atoms with Crippen molar-refractivity contribution in [1.29, 1.82) is 0 Å². The lowest BCUT2D eigenvalue weighted by molar-refractivity contribution is -0.157. The number of aliphatic carboxylic acids is 1. The van der Waals surface area contributed by atoms with Gasteiger partial charge in [-0.25, -0.2) is 14.6 Å². The van der Waals surface area contributed by atoms with E-state index in [0.29, 0.717) is 17.6 Å². The van der Waals surface area contributed by atoms with Crippen LogP contribution in [0, 0.1) is 5.92 Å². The first-order valence-electron chi connectivity index (χ1n) is 9.43. The zero-order chi connectivity index (χ0) is 20.4. The van der Waals surface area contributed by atoms with Crippen molar-refractivity contribution in [2.45, 2.75) is 31.1 Å². The molecule has 2 fully saturated rings. The summed E-state index contributed by atoms with van der Waals surface area (Å²) < 4.78 is 12.2. The number of amides is 1. The number of rotatable bonds is 6. The van der Waals surface area contributed by atoms with Crippen LogP contribution >= 0.6 is 15.9 Å². The van der Waals surface area contributed by atoms with Gasteiger partial charge in [0, 0.05) is 18.3 Å². The van der Waals surface area contributed by atoms with Crippen LogP contribution in [0.3, 0.4) is 0 Å². The quantitative estimate of drug-likeness (QED) is 0.662. The van der Waals surface area contributed by atoms with Crippen molar-refractivity contribution in [2.75, 3.05) is 13.2 Å². The molecule has 2 aromatic rings. The molecular weight excluding hydrogens is 440 g/mol. The van der Waals surface area contributed by atoms with E-state index in [2.05, 4.69) is 20.9 Å². The Balaban J connectivity index is 1.56. The van der Waals surface area contributed by atoms with Gasteiger partial charge in [0.2, 0.25) is 0 Å². The Morgan fingerprint density at radius 1 is 1.24 bits per heavy atom. The Hall–Kier alpha value is -2.45. The summed E-state index contributed by atoms with van der Waals surface area (Å²) in [6, 6.07) is 12.9. The summed E-state index contributed by atoms with van der Waals surface area (Å²) in [7, 11) is 0. The normalized spacial score (nSPS) is 25.2. The number of benzene rings is 1. The highest BCUT2D eigenvalue weighted by atomic mass is 79.9. The number of hydrogen-bond donors (Lipinski definition) is 1. The van der Waals surface area contributed by atoms with E-state index in [0.717, 1.165) is 17.5 Å². The molecule has 0 radical (unpaired) electrons. The van der Waals surface area contributed by atoms with Gasteiger partial charge >= 0.3 is 12.1 Å². The monoisotopic (exact) mass is 460 g/mol. The van der Waals surface area contributed by atoms with E-state index in [1.54, 1.807) is 17.2 Å². The van der Waals surface area contributed by atoms with Crippen LogP contribution in [0.1, 0.15) is 24.0 Å². The van der Waals surface area contributed by atoms with Crippen molar-refractivity contribution in [3.05, 3.63) is 64.4 Å². The fourth-order valence-corrected chi connectivity index (χ4v) is 4.68. The molecule has 29 heavy (non-hydrogen) atoms. The average Bonchev–Trinajstić information content (AvgIpc) is 3.31. The highest BCUT2D eigenvalue weighted by Gasteiger charge is 2.59. The van der Waals surface area contributed by atoms with Crippen LogP contribution in [0.5, 0.6) is 0 Å². The Bertz CT molecular complexity index is 892. The van der Waals surface area contributed by atoms with Crippen molar-refractivity contribution in [2.24, 2.45) is 5.92 Å². The summed E-state index contributed by atoms with van der Waals surface area (Å²) in [6.45, 7) is 0.336. The molecule has 3 atom stereocenters. The molecule has 1 aromatic heterocycles. The van der Waals surface area contributed by atoms with Gasteiger partial charge in [-0.3, -0.25) is 0 Å². The molecule has 152 valence electrons. The minimum absolute atomic E-state index is 0.191. The van der Waals surface area contributed by atoms with Crippen LogP contribution in [-0.2, 0) is 26.5 Å². The number of piperidine rings is 1. The third-order valence-corrected chi connectivity index (χ3v) is 6.10. The summed E-state index contributed by atoms with van der Waals surface area (Å²) in [6.07, 6.45) is 2.67. The SMILES string of the molecule is O=C(O)COC1(c2ccc(Br)nc2)CC2CC1N(C(=O)OCc1ccccc1)C2. The first-order chi connectivity index (χ1) is 14.0. The third kappa shape index (κ3) is 4.00. The van der Waals surface area contributed by atoms with Gasteiger partial charge in [0.05, 0.1) is 6.04 Å². The molecule has 4 rings (SSSR count). The highest BCUT2D eigenvalue weighted by molar-refractivity contribution is 9.10. The first-order valence-corrected chi connectivity index (χ1v) is 10.2. The molecule has 8 heteroatoms. The number of fused-ring (bicyclic) bond motifs is 2. The van der Waals surface area contributed by atoms with Crippen LogP contribution in [0.25, 0.3) is 0 Å². The third-order valence-electron chi connectivity index (χ3n) is 5.63. The van der Waals surface area contributed by atoms with E-state index in [1.807, 2.05) is 36.4 Å². The summed E-state index contributed by atoms with van der Waals surface area (Å²) >= 11 is 3.32. The van der Waals surface area contributed by atoms with Crippen LogP contribution in [0.15, 0.2) is 53.3 Å². The van der Waals surface area contributed by atoms with Gasteiger partial charge in [-0.1, -0.05) is 36.4 Å². The number of likely N-dealkylation sites (tertiary alicyclic amines) is 1. The second-order valence-corrected chi connectivity index (χ2v) is 8.27. The minimum atomic E-state index is -1.05. The molecule has 1 aromatic carbocycles. The molecule has 2 bridgehead atoms. The van der Waals surface area contributed by atoms with Crippen LogP contribution in [0.2, 0.25) is 0 Å². The molecule has 0 spiro atoms. The maximum Gasteiger partial charge on any atom is 0.410 e. The number of aromatic nitrogens is 1. The number of ether oxygens (including phenoxy) is 2. The van der Waals surface area contributed by atoms with Crippen LogP contribution < -0.4 is 0 Å². The van der Waals surface area contributed by atoms with Crippen LogP contribution in [0.4, 0.5) is 4.79 Å². The number of nitrogens with zero attached hydrogens (tertiary/aromatic N) is 2. The van der Waals surface area contributed by atoms with E-state index >= 15 is 0 Å².